The van der Waals surface area contributed by atoms with Crippen LogP contribution in [0.2, 0.25) is 0 Å². The summed E-state index contributed by atoms with van der Waals surface area (Å²) in [6, 6.07) is 20.4. The Morgan fingerprint density at radius 3 is 2.12 bits per heavy atom. The molecule has 8 nitrogen and oxygen atoms in total. The van der Waals surface area contributed by atoms with Crippen LogP contribution >= 0.6 is 0 Å². The molecule has 0 spiro atoms. The lowest BCUT2D eigenvalue weighted by Crippen LogP contribution is -2.50. The molecule has 1 aliphatic heterocycles. The lowest BCUT2D eigenvalue weighted by Gasteiger charge is -2.35. The Morgan fingerprint density at radius 2 is 1.43 bits per heavy atom. The van der Waals surface area contributed by atoms with Crippen molar-refractivity contribution < 1.29 is 32.3 Å². The van der Waals surface area contributed by atoms with Crippen molar-refractivity contribution in [3.63, 3.8) is 0 Å². The fourth-order valence-electron chi connectivity index (χ4n) is 5.76. The minimum atomic E-state index is -1.67. The second-order valence-corrected chi connectivity index (χ2v) is 11.6. The number of benzene rings is 3. The Kier molecular flexibility index (Phi) is 9.47. The summed E-state index contributed by atoms with van der Waals surface area (Å²) in [5.74, 6) is -7.86. The highest BCUT2D eigenvalue weighted by atomic mass is 19.2. The zero-order chi connectivity index (χ0) is 34.7. The largest absolute Gasteiger partial charge is 0.507 e. The van der Waals surface area contributed by atoms with Gasteiger partial charge in [-0.05, 0) is 65.7 Å². The van der Waals surface area contributed by atoms with Gasteiger partial charge in [0.25, 0.3) is 11.5 Å². The van der Waals surface area contributed by atoms with Gasteiger partial charge < -0.3 is 24.0 Å². The van der Waals surface area contributed by atoms with Gasteiger partial charge in [-0.1, -0.05) is 24.3 Å². The van der Waals surface area contributed by atoms with Crippen LogP contribution in [0.25, 0.3) is 11.4 Å². The van der Waals surface area contributed by atoms with Crippen LogP contribution in [-0.4, -0.2) is 57.0 Å². The third-order valence-electron chi connectivity index (χ3n) is 8.39. The molecule has 6 rings (SSSR count). The smallest absolute Gasteiger partial charge is 0.294 e. The maximum Gasteiger partial charge on any atom is 0.294 e. The number of hydrogen-bond acceptors (Lipinski definition) is 5. The quantitative estimate of drug-likeness (QED) is 0.0721. The van der Waals surface area contributed by atoms with E-state index in [9.17, 15) is 37.1 Å². The van der Waals surface area contributed by atoms with E-state index in [0.29, 0.717) is 19.2 Å². The first-order valence-electron chi connectivity index (χ1n) is 15.4. The van der Waals surface area contributed by atoms with Gasteiger partial charge in [-0.3, -0.25) is 14.4 Å². The second kappa shape index (κ2) is 14.1. The number of carbonyl (C=O) groups is 2. The number of amides is 1. The topological polar surface area (TPSA) is 87.8 Å². The van der Waals surface area contributed by atoms with Crippen molar-refractivity contribution in [3.05, 3.63) is 159 Å². The van der Waals surface area contributed by atoms with E-state index >= 15 is 0 Å². The Hall–Kier alpha value is -5.91. The number of aliphatic hydroxyl groups is 1. The molecule has 0 bridgehead atoms. The number of carbonyl (C=O) groups excluding carboxylic acids is 2. The molecule has 3 heterocycles. The number of anilines is 1. The maximum absolute atomic E-state index is 14.5. The summed E-state index contributed by atoms with van der Waals surface area (Å²) in [4.78, 5) is 43.0. The van der Waals surface area contributed by atoms with E-state index in [1.165, 1.54) is 29.3 Å². The van der Waals surface area contributed by atoms with Gasteiger partial charge in [0.05, 0.1) is 12.1 Å². The molecule has 1 N–H and O–H groups in total. The molecule has 0 atom stereocenters. The van der Waals surface area contributed by atoms with Gasteiger partial charge in [0.15, 0.2) is 17.5 Å². The van der Waals surface area contributed by atoms with Crippen molar-refractivity contribution >= 4 is 23.1 Å². The van der Waals surface area contributed by atoms with Crippen LogP contribution in [0.3, 0.4) is 0 Å². The molecule has 5 aromatic rings. The molecule has 2 aromatic heterocycles. The van der Waals surface area contributed by atoms with Crippen LogP contribution in [-0.2, 0) is 22.6 Å². The molecule has 0 saturated carbocycles. The number of halogens is 4. The van der Waals surface area contributed by atoms with Gasteiger partial charge in [0, 0.05) is 74.2 Å². The fourth-order valence-corrected chi connectivity index (χ4v) is 5.76. The Balaban J connectivity index is 1.20. The zero-order valence-electron chi connectivity index (χ0n) is 26.0. The molecular weight excluding hydrogens is 640 g/mol. The minimum Gasteiger partial charge on any atom is -0.507 e. The van der Waals surface area contributed by atoms with Crippen molar-refractivity contribution in [2.24, 2.45) is 0 Å². The molecule has 1 saturated heterocycles. The van der Waals surface area contributed by atoms with Gasteiger partial charge in [-0.15, -0.1) is 0 Å². The van der Waals surface area contributed by atoms with Gasteiger partial charge in [0.1, 0.15) is 11.6 Å². The van der Waals surface area contributed by atoms with Crippen LogP contribution in [0, 0.1) is 23.3 Å². The molecule has 1 fully saturated rings. The van der Waals surface area contributed by atoms with E-state index in [1.54, 1.807) is 6.07 Å². The number of pyridine rings is 1. The molecule has 0 aliphatic carbocycles. The molecular formula is C37H30F4N4O4. The summed E-state index contributed by atoms with van der Waals surface area (Å²) in [7, 11) is 0. The van der Waals surface area contributed by atoms with Crippen molar-refractivity contribution in [1.29, 1.82) is 0 Å². The van der Waals surface area contributed by atoms with Crippen molar-refractivity contribution in [3.8, 4) is 5.69 Å². The maximum atomic E-state index is 14.5. The number of aromatic nitrogens is 2. The van der Waals surface area contributed by atoms with E-state index in [2.05, 4.69) is 4.90 Å². The molecule has 3 aromatic carbocycles. The summed E-state index contributed by atoms with van der Waals surface area (Å²) in [5, 5.41) is 11.0. The van der Waals surface area contributed by atoms with E-state index in [1.807, 2.05) is 53.4 Å². The SMILES string of the molecule is O=C(C=C(O)c1cc(Cc2ccc(F)c(F)c2F)cn(Cc2ccccc2F)c1=O)C(=O)N1CCN(c2ccc(-n3cccc3)cc2)CC1. The second-order valence-electron chi connectivity index (χ2n) is 11.6. The minimum absolute atomic E-state index is 0.123. The molecule has 0 radical (unpaired) electrons. The highest BCUT2D eigenvalue weighted by molar-refractivity contribution is 6.41. The number of aliphatic hydroxyl groups excluding tert-OH is 1. The third kappa shape index (κ3) is 7.18. The predicted molar refractivity (Wildman–Crippen MR) is 176 cm³/mol. The van der Waals surface area contributed by atoms with Gasteiger partial charge in [-0.25, -0.2) is 17.6 Å². The van der Waals surface area contributed by atoms with E-state index in [4.69, 9.17) is 0 Å². The summed E-state index contributed by atoms with van der Waals surface area (Å²) in [6.45, 7) is 1.10. The van der Waals surface area contributed by atoms with Crippen molar-refractivity contribution in [1.82, 2.24) is 14.0 Å². The molecule has 0 unspecified atom stereocenters. The summed E-state index contributed by atoms with van der Waals surface area (Å²) < 4.78 is 59.5. The Morgan fingerprint density at radius 1 is 0.755 bits per heavy atom. The van der Waals surface area contributed by atoms with Crippen LogP contribution in [0.4, 0.5) is 23.2 Å². The van der Waals surface area contributed by atoms with Gasteiger partial charge in [0.2, 0.25) is 5.78 Å². The summed E-state index contributed by atoms with van der Waals surface area (Å²) >= 11 is 0. The molecule has 1 aliphatic rings. The van der Waals surface area contributed by atoms with Crippen LogP contribution in [0.5, 0.6) is 0 Å². The average molecular weight is 671 g/mol. The first kappa shape index (κ1) is 33.0. The van der Waals surface area contributed by atoms with Crippen LogP contribution in [0.15, 0.2) is 108 Å². The molecule has 12 heteroatoms. The standard InChI is InChI=1S/C37H30F4N4O4/c38-30-6-2-1-5-26(30)23-45-22-24(19-25-7-12-31(39)35(41)34(25)40)20-29(36(45)48)32(46)21-33(47)37(49)44-17-15-43(16-18-44)28-10-8-27(9-11-28)42-13-3-4-14-42/h1-14,20-22,46H,15-19,23H2. The number of hydrogen-bond donors (Lipinski definition) is 1. The Labute approximate surface area is 278 Å². The van der Waals surface area contributed by atoms with E-state index in [-0.39, 0.29) is 42.7 Å². The van der Waals surface area contributed by atoms with Crippen LogP contribution < -0.4 is 10.5 Å². The fraction of sp³-hybridized carbons (Fsp3) is 0.162. The van der Waals surface area contributed by atoms with Crippen molar-refractivity contribution in [2.75, 3.05) is 31.1 Å². The average Bonchev–Trinajstić information content (AvgIpc) is 3.66. The van der Waals surface area contributed by atoms with E-state index in [0.717, 1.165) is 34.1 Å². The summed E-state index contributed by atoms with van der Waals surface area (Å²) in [5.41, 5.74) is 0.743. The lowest BCUT2D eigenvalue weighted by atomic mass is 10.0. The summed E-state index contributed by atoms with van der Waals surface area (Å²) in [6.07, 6.45) is 5.46. The third-order valence-corrected chi connectivity index (χ3v) is 8.39. The Bertz CT molecular complexity index is 2100. The first-order chi connectivity index (χ1) is 23.6. The number of ketones is 1. The van der Waals surface area contributed by atoms with Gasteiger partial charge in [-0.2, -0.15) is 0 Å². The lowest BCUT2D eigenvalue weighted by molar-refractivity contribution is -0.142. The molecule has 1 amide bonds. The van der Waals surface area contributed by atoms with Gasteiger partial charge >= 0.3 is 0 Å². The molecule has 250 valence electrons. The molecule has 49 heavy (non-hydrogen) atoms. The number of piperazine rings is 1. The highest BCUT2D eigenvalue weighted by Crippen LogP contribution is 2.22. The van der Waals surface area contributed by atoms with Crippen LogP contribution in [0.1, 0.15) is 22.3 Å². The monoisotopic (exact) mass is 670 g/mol. The predicted octanol–water partition coefficient (Wildman–Crippen LogP) is 5.65. The number of nitrogens with zero attached hydrogens (tertiary/aromatic N) is 4. The highest BCUT2D eigenvalue weighted by Gasteiger charge is 2.26. The normalized spacial score (nSPS) is 13.5. The number of rotatable bonds is 9. The van der Waals surface area contributed by atoms with Crippen molar-refractivity contribution in [2.45, 2.75) is 13.0 Å². The zero-order valence-corrected chi connectivity index (χ0v) is 26.0. The van der Waals surface area contributed by atoms with E-state index < -0.39 is 51.8 Å². The first-order valence-corrected chi connectivity index (χ1v) is 15.4.